The first-order valence-electron chi connectivity index (χ1n) is 38.2. The molecule has 20 atom stereocenters. The van der Waals surface area contributed by atoms with Crippen LogP contribution in [0.15, 0.2) is 117 Å². The quantitative estimate of drug-likeness (QED) is 0.0243. The Morgan fingerprint density at radius 1 is 0.411 bits per heavy atom. The Morgan fingerprint density at radius 3 is 0.976 bits per heavy atom. The number of aryl methyl sites for hydroxylation is 4. The molecule has 12 heterocycles. The molecule has 8 aliphatic rings. The van der Waals surface area contributed by atoms with Crippen molar-refractivity contribution in [3.63, 3.8) is 0 Å². The molecule has 0 saturated carbocycles. The Labute approximate surface area is 741 Å². The van der Waals surface area contributed by atoms with Crippen LogP contribution in [-0.2, 0) is 99.8 Å². The Morgan fingerprint density at radius 2 is 0.653 bits per heavy atom. The van der Waals surface area contributed by atoms with Crippen LogP contribution < -0.4 is 40.9 Å². The van der Waals surface area contributed by atoms with E-state index in [4.69, 9.17) is 177 Å². The van der Waals surface area contributed by atoms with Crippen molar-refractivity contribution >= 4 is 127 Å². The minimum Gasteiger partial charge on any atom is -0.403 e. The average molecular weight is 1990 g/mol. The molecule has 4 saturated heterocycles. The first-order valence-corrected chi connectivity index (χ1v) is 44.1. The van der Waals surface area contributed by atoms with Crippen LogP contribution in [0.5, 0.6) is 23.0 Å². The van der Waals surface area contributed by atoms with Crippen molar-refractivity contribution in [2.75, 3.05) is 26.3 Å². The number of nitrogens with zero attached hydrogens (tertiary/aromatic N) is 4. The summed E-state index contributed by atoms with van der Waals surface area (Å²) >= 11 is 42.6. The number of aromatic nitrogens is 8. The fraction of sp³-hybridized carbons (Fsp3) is 0.412. The van der Waals surface area contributed by atoms with Gasteiger partial charge in [0.15, 0.2) is 24.9 Å². The number of para-hydroxylation sites is 4. The summed E-state index contributed by atoms with van der Waals surface area (Å²) in [5.41, 5.74) is 0.513. The molecule has 16 rings (SSSR count). The van der Waals surface area contributed by atoms with Crippen LogP contribution >= 0.6 is 127 Å². The second-order valence-corrected chi connectivity index (χ2v) is 36.8. The van der Waals surface area contributed by atoms with E-state index in [-0.39, 0.29) is 92.6 Å². The maximum atomic E-state index is 15.9. The van der Waals surface area contributed by atoms with Gasteiger partial charge in [0, 0.05) is 47.0 Å². The highest BCUT2D eigenvalue weighted by atomic mass is 35.5. The number of hydrogen-bond acceptors (Lipinski definition) is 36. The molecule has 8 aliphatic heterocycles. The van der Waals surface area contributed by atoms with Gasteiger partial charge in [0.25, 0.3) is 23.4 Å². The third kappa shape index (κ3) is 19.7. The predicted molar refractivity (Wildman–Crippen MR) is 428 cm³/mol. The zero-order chi connectivity index (χ0) is 95.6. The second-order valence-electron chi connectivity index (χ2n) is 27.3. The Bertz CT molecular complexity index is 6580. The van der Waals surface area contributed by atoms with Gasteiger partial charge in [-0.1, -0.05) is 168 Å². The molecule has 124 heavy (non-hydrogen) atoms. The van der Waals surface area contributed by atoms with Gasteiger partial charge in [0.1, 0.15) is 117 Å². The lowest BCUT2D eigenvalue weighted by Crippen LogP contribution is -2.43. The molecular formula is C68H68Cl4F4N8O32P4S4. The van der Waals surface area contributed by atoms with Crippen molar-refractivity contribution in [2.24, 2.45) is 0 Å². The fourth-order valence-electron chi connectivity index (χ4n) is 12.2. The maximum absolute atomic E-state index is 15.9. The van der Waals surface area contributed by atoms with Crippen molar-refractivity contribution in [1.82, 2.24) is 38.2 Å². The smallest absolute Gasteiger partial charge is 0.403 e. The molecule has 0 radical (unpaired) electrons. The van der Waals surface area contributed by atoms with Crippen LogP contribution in [0.3, 0.4) is 0 Å². The Kier molecular flexibility index (Phi) is 25.8. The number of alkyl halides is 4. The van der Waals surface area contributed by atoms with Crippen LogP contribution in [-0.4, -0.2) is 178 Å². The number of aliphatic hydroxyl groups is 8. The van der Waals surface area contributed by atoms with Gasteiger partial charge in [0.2, 0.25) is 0 Å². The molecule has 40 nitrogen and oxygen atoms in total. The van der Waals surface area contributed by atoms with E-state index in [9.17, 15) is 78.3 Å². The molecule has 0 spiro atoms. The van der Waals surface area contributed by atoms with E-state index >= 15 is 17.6 Å². The van der Waals surface area contributed by atoms with E-state index in [0.29, 0.717) is 53.6 Å². The first kappa shape index (κ1) is 86.8. The summed E-state index contributed by atoms with van der Waals surface area (Å²) in [7, 11) is -18.2. The van der Waals surface area contributed by atoms with Crippen molar-refractivity contribution in [2.45, 2.75) is 151 Å². The number of hydrogen-bond donors (Lipinski definition) is 12. The monoisotopic (exact) mass is 1980 g/mol. The summed E-state index contributed by atoms with van der Waals surface area (Å²) in [6, 6.07) is 20.2. The SMILES string of the molecule is Cc1cccc2c1OP(=O)(OC[C@@]1(F)O[C@@H](n3cc(Cl)c(=S)[nH]c3=O)[C@H](O)[C@@H]1O)OC2.[2H]C([2H])(OP1(=O)OCc2cccc(C)c2O1)[C@@]1(F)O[C@@H](n2cc(Cl)c(=S)[nH]c2=O)[C@H](O)[C@@H]1O.[2H]C([2H])(OP1(=O)OCc2cccc(C)c2O1)[C@@]1(F)O[C@@]([2H])(n2cc(Cl)c(=S)[nH]c2=O)[C@H](O)[C@@H]1O.[2H][C@@]1(n2cc(Cl)c(=S)[nH]c2=O)O[C@](F)(COP2(=O)OCc3cccc(C)c3O2)[C@@H](O)[C@H]1O. The number of halogens is 8. The second kappa shape index (κ2) is 36.8. The molecule has 4 aromatic carbocycles. The van der Waals surface area contributed by atoms with E-state index in [1.807, 2.05) is 0 Å². The number of nitrogens with one attached hydrogen (secondary N) is 4. The van der Waals surface area contributed by atoms with E-state index in [2.05, 4.69) is 19.9 Å². The van der Waals surface area contributed by atoms with Gasteiger partial charge in [0.05, 0.1) is 54.7 Å². The van der Waals surface area contributed by atoms with Crippen molar-refractivity contribution in [3.8, 4) is 23.0 Å². The van der Waals surface area contributed by atoms with Gasteiger partial charge >= 0.3 is 54.0 Å². The third-order valence-corrected chi connectivity index (χ3v) is 26.5. The summed E-state index contributed by atoms with van der Waals surface area (Å²) in [6.45, 7) is -4.06. The molecule has 0 aliphatic carbocycles. The Hall–Kier alpha value is -6.52. The number of aromatic amines is 4. The number of phosphoric acid groups is 4. The van der Waals surface area contributed by atoms with Crippen molar-refractivity contribution < 1.29 is 158 Å². The molecule has 0 amide bonds. The summed E-state index contributed by atoms with van der Waals surface area (Å²) in [6.07, 6.45) is -24.9. The predicted octanol–water partition coefficient (Wildman–Crippen LogP) is 10.1. The fourth-order valence-corrected chi connectivity index (χ4v) is 18.3. The molecule has 4 fully saturated rings. The van der Waals surface area contributed by atoms with Crippen LogP contribution in [0, 0.1) is 46.3 Å². The van der Waals surface area contributed by atoms with Crippen LogP contribution in [0.2, 0.25) is 20.1 Å². The van der Waals surface area contributed by atoms with E-state index in [1.54, 1.807) is 100 Å². The maximum Gasteiger partial charge on any atom is 0.530 e. The molecular weight excluding hydrogens is 1910 g/mol. The minimum absolute atomic E-state index is 0.0602. The largest absolute Gasteiger partial charge is 0.530 e. The lowest BCUT2D eigenvalue weighted by Gasteiger charge is -2.29. The first-order chi connectivity index (χ1) is 60.3. The van der Waals surface area contributed by atoms with E-state index < -0.39 is 177 Å². The zero-order valence-corrected chi connectivity index (χ0v) is 72.7. The lowest BCUT2D eigenvalue weighted by atomic mass is 10.1. The molecule has 56 heteroatoms. The van der Waals surface area contributed by atoms with Gasteiger partial charge in [-0.2, -0.15) is 0 Å². The zero-order valence-electron chi connectivity index (χ0n) is 68.9. The molecule has 672 valence electrons. The number of aliphatic hydroxyl groups excluding tert-OH is 8. The van der Waals surface area contributed by atoms with Gasteiger partial charge in [-0.25, -0.2) is 55.0 Å². The number of benzene rings is 4. The van der Waals surface area contributed by atoms with Crippen LogP contribution in [0.1, 0.15) is 77.6 Å². The summed E-state index contributed by atoms with van der Waals surface area (Å²) < 4.78 is 245. The summed E-state index contributed by atoms with van der Waals surface area (Å²) in [5, 5.41) is 81.7. The average Bonchev–Trinajstić information content (AvgIpc) is 1.55. The van der Waals surface area contributed by atoms with Gasteiger partial charge < -0.3 is 77.9 Å². The normalized spacial score (nSPS) is 34.6. The third-order valence-electron chi connectivity index (χ3n) is 18.7. The van der Waals surface area contributed by atoms with Gasteiger partial charge in [-0.15, -0.1) is 0 Å². The van der Waals surface area contributed by atoms with Crippen molar-refractivity contribution in [3.05, 3.63) is 223 Å². The van der Waals surface area contributed by atoms with Crippen LogP contribution in [0.25, 0.3) is 0 Å². The summed E-state index contributed by atoms with van der Waals surface area (Å²) in [4.78, 5) is 57.4. The van der Waals surface area contributed by atoms with Gasteiger partial charge in [-0.3, -0.25) is 74.4 Å². The number of ether oxygens (including phenoxy) is 4. The molecule has 4 unspecified atom stereocenters. The van der Waals surface area contributed by atoms with Crippen LogP contribution in [0.4, 0.5) is 17.6 Å². The molecule has 4 aromatic heterocycles. The summed E-state index contributed by atoms with van der Waals surface area (Å²) in [5.74, 6) is -13.4. The van der Waals surface area contributed by atoms with Crippen molar-refractivity contribution in [1.29, 1.82) is 0 Å². The topological polar surface area (TPSA) is 529 Å². The highest BCUT2D eigenvalue weighted by Gasteiger charge is 2.62. The molecule has 8 aromatic rings. The Balaban J connectivity index is 0.000000148. The molecule has 12 N–H and O–H groups in total. The minimum atomic E-state index is -4.83. The van der Waals surface area contributed by atoms with E-state index in [1.165, 1.54) is 0 Å². The van der Waals surface area contributed by atoms with Gasteiger partial charge in [-0.05, 0) is 49.9 Å². The van der Waals surface area contributed by atoms with E-state index in [0.717, 1.165) is 29.4 Å². The standard InChI is InChI=1S/4C17H17ClFN2O8PS/c4*1-8-3-2-4-9-6-26-30(25,29-12(8)9)27-7-17(19)13(23)11(22)15(28-17)21-5-10(18)14(31)20-16(21)24/h4*2-5,11,13,15,22-23H,6-7H2,1H3,(H,20,24,31)/t4*11-,13+,15-,17-,30?/m1111/s1/i7D2,15D;15D;7D2;. The number of rotatable bonds is 16. The molecule has 0 bridgehead atoms. The number of phosphoric ester groups is 4. The number of H-pyrrole nitrogens is 4. The highest BCUT2D eigenvalue weighted by Crippen LogP contribution is 2.61. The highest BCUT2D eigenvalue weighted by molar-refractivity contribution is 7.72. The number of fused-ring (bicyclic) bond motifs is 4. The lowest BCUT2D eigenvalue weighted by molar-refractivity contribution is -0.205.